The van der Waals surface area contributed by atoms with Crippen molar-refractivity contribution in [1.82, 2.24) is 0 Å². The predicted octanol–water partition coefficient (Wildman–Crippen LogP) is 4.58. The van der Waals surface area contributed by atoms with Crippen molar-refractivity contribution in [2.24, 2.45) is 0 Å². The number of rotatable bonds is 2. The van der Waals surface area contributed by atoms with Gasteiger partial charge in [-0.05, 0) is 49.2 Å². The van der Waals surface area contributed by atoms with Gasteiger partial charge in [-0.3, -0.25) is 0 Å². The van der Waals surface area contributed by atoms with Gasteiger partial charge in [0.25, 0.3) is 0 Å². The van der Waals surface area contributed by atoms with Gasteiger partial charge in [0.15, 0.2) is 4.98 Å². The van der Waals surface area contributed by atoms with Crippen LogP contribution in [0.4, 0.5) is 5.69 Å². The van der Waals surface area contributed by atoms with Gasteiger partial charge < -0.3 is 4.74 Å². The van der Waals surface area contributed by atoms with E-state index in [4.69, 9.17) is 10.1 Å². The summed E-state index contributed by atoms with van der Waals surface area (Å²) in [6.45, 7) is 4.12. The molecule has 0 saturated carbocycles. The molecule has 0 heterocycles. The summed E-state index contributed by atoms with van der Waals surface area (Å²) in [5, 5.41) is 8.57. The molecule has 3 heteroatoms. The molecule has 3 nitrogen and oxygen atoms in total. The summed E-state index contributed by atoms with van der Waals surface area (Å²) in [7, 11) is 0. The van der Waals surface area contributed by atoms with Crippen molar-refractivity contribution >= 4 is 5.69 Å². The van der Waals surface area contributed by atoms with Gasteiger partial charge >= 0.3 is 5.69 Å². The molecule has 2 aromatic rings. The summed E-state index contributed by atoms with van der Waals surface area (Å²) in [4.78, 5) is 3.09. The van der Waals surface area contributed by atoms with Gasteiger partial charge in [0.2, 0.25) is 5.39 Å². The number of benzene rings is 2. The minimum atomic E-state index is 0.512. The van der Waals surface area contributed by atoms with Crippen LogP contribution in [0.15, 0.2) is 42.5 Å². The van der Waals surface area contributed by atoms with Gasteiger partial charge in [0.05, 0.1) is 0 Å². The highest BCUT2D eigenvalue weighted by Gasteiger charge is 2.04. The first-order valence-corrected chi connectivity index (χ1v) is 5.39. The van der Waals surface area contributed by atoms with E-state index in [9.17, 15) is 0 Å². The Bertz CT molecular complexity index is 568. The van der Waals surface area contributed by atoms with Crippen molar-refractivity contribution in [2.75, 3.05) is 0 Å². The lowest BCUT2D eigenvalue weighted by Gasteiger charge is -2.07. The first kappa shape index (κ1) is 11.2. The lowest BCUT2D eigenvalue weighted by atomic mass is 10.1. The van der Waals surface area contributed by atoms with Crippen LogP contribution in [0.2, 0.25) is 0 Å². The molecule has 0 aliphatic rings. The van der Waals surface area contributed by atoms with Crippen molar-refractivity contribution in [2.45, 2.75) is 13.8 Å². The highest BCUT2D eigenvalue weighted by molar-refractivity contribution is 5.47. The summed E-state index contributed by atoms with van der Waals surface area (Å²) < 4.78 is 5.69. The molecule has 2 rings (SSSR count). The molecule has 0 atom stereocenters. The molecule has 84 valence electrons. The maximum atomic E-state index is 8.57. The first-order valence-electron chi connectivity index (χ1n) is 5.39. The maximum Gasteiger partial charge on any atom is 0.385 e. The summed E-state index contributed by atoms with van der Waals surface area (Å²) in [5.74, 6) is 1.53. The fourth-order valence-electron chi connectivity index (χ4n) is 1.49. The SMILES string of the molecule is Cc1ccc(Oc2ccc([N+]#N)cc2)cc1C. The van der Waals surface area contributed by atoms with Gasteiger partial charge in [0.1, 0.15) is 11.5 Å². The van der Waals surface area contributed by atoms with Crippen molar-refractivity contribution in [3.8, 4) is 11.5 Å². The smallest absolute Gasteiger partial charge is 0.385 e. The van der Waals surface area contributed by atoms with Crippen LogP contribution in [0, 0.1) is 19.2 Å². The van der Waals surface area contributed by atoms with Crippen LogP contribution >= 0.6 is 0 Å². The number of ether oxygens (including phenoxy) is 1. The molecule has 0 radical (unpaired) electrons. The molecule has 0 fully saturated rings. The van der Waals surface area contributed by atoms with E-state index in [1.807, 2.05) is 18.2 Å². The largest absolute Gasteiger partial charge is 0.457 e. The number of aryl methyl sites for hydroxylation is 2. The van der Waals surface area contributed by atoms with Crippen molar-refractivity contribution in [1.29, 1.82) is 5.39 Å². The van der Waals surface area contributed by atoms with Crippen LogP contribution in [0.5, 0.6) is 11.5 Å². The molecular weight excluding hydrogens is 212 g/mol. The Kier molecular flexibility index (Phi) is 3.06. The molecule has 0 amide bonds. The lowest BCUT2D eigenvalue weighted by Crippen LogP contribution is -1.86. The zero-order valence-corrected chi connectivity index (χ0v) is 9.84. The van der Waals surface area contributed by atoms with E-state index in [2.05, 4.69) is 18.8 Å². The number of hydrogen-bond acceptors (Lipinski definition) is 2. The van der Waals surface area contributed by atoms with E-state index in [0.29, 0.717) is 5.69 Å². The second kappa shape index (κ2) is 4.67. The van der Waals surface area contributed by atoms with Crippen LogP contribution in [0.3, 0.4) is 0 Å². The van der Waals surface area contributed by atoms with E-state index in [0.717, 1.165) is 11.5 Å². The fourth-order valence-corrected chi connectivity index (χ4v) is 1.49. The molecule has 17 heavy (non-hydrogen) atoms. The molecule has 2 aromatic carbocycles. The first-order chi connectivity index (χ1) is 8.19. The molecule has 0 aliphatic heterocycles. The Morgan fingerprint density at radius 2 is 1.53 bits per heavy atom. The van der Waals surface area contributed by atoms with Crippen molar-refractivity contribution in [3.63, 3.8) is 0 Å². The predicted molar refractivity (Wildman–Crippen MR) is 67.2 cm³/mol. The van der Waals surface area contributed by atoms with Gasteiger partial charge in [-0.2, -0.15) is 0 Å². The monoisotopic (exact) mass is 225 g/mol. The fraction of sp³-hybridized carbons (Fsp3) is 0.143. The second-order valence-corrected chi connectivity index (χ2v) is 3.94. The summed E-state index contributed by atoms with van der Waals surface area (Å²) in [6.07, 6.45) is 0. The Hall–Kier alpha value is -2.34. The molecule has 0 bridgehead atoms. The number of hydrogen-bond donors (Lipinski definition) is 0. The van der Waals surface area contributed by atoms with E-state index in [1.165, 1.54) is 11.1 Å². The van der Waals surface area contributed by atoms with Crippen molar-refractivity contribution in [3.05, 3.63) is 58.6 Å². The molecule has 0 unspecified atom stereocenters. The zero-order valence-electron chi connectivity index (χ0n) is 9.84. The van der Waals surface area contributed by atoms with E-state index in [1.54, 1.807) is 24.3 Å². The standard InChI is InChI=1S/C14H13N2O/c1-10-3-6-14(9-11(10)2)17-13-7-4-12(16-15)5-8-13/h3-9H,1-2H3/q+1. The third-order valence-electron chi connectivity index (χ3n) is 2.67. The Morgan fingerprint density at radius 1 is 0.882 bits per heavy atom. The van der Waals surface area contributed by atoms with E-state index < -0.39 is 0 Å². The molecular formula is C14H13N2O+. The maximum absolute atomic E-state index is 8.57. The van der Waals surface area contributed by atoms with Crippen LogP contribution < -0.4 is 4.74 Å². The summed E-state index contributed by atoms with van der Waals surface area (Å²) in [5.41, 5.74) is 2.95. The van der Waals surface area contributed by atoms with Crippen LogP contribution in [-0.4, -0.2) is 0 Å². The normalized spacial score (nSPS) is 9.71. The van der Waals surface area contributed by atoms with Crippen LogP contribution in [0.25, 0.3) is 4.98 Å². The molecule has 0 spiro atoms. The Balaban J connectivity index is 2.20. The molecule has 0 aliphatic carbocycles. The zero-order chi connectivity index (χ0) is 12.3. The van der Waals surface area contributed by atoms with Gasteiger partial charge in [0, 0.05) is 12.1 Å². The van der Waals surface area contributed by atoms with Crippen molar-refractivity contribution < 1.29 is 4.74 Å². The topological polar surface area (TPSA) is 37.4 Å². The third-order valence-corrected chi connectivity index (χ3v) is 2.67. The van der Waals surface area contributed by atoms with Gasteiger partial charge in [-0.15, -0.1) is 0 Å². The van der Waals surface area contributed by atoms with Gasteiger partial charge in [-0.1, -0.05) is 6.07 Å². The Labute approximate surface area is 100 Å². The minimum absolute atomic E-state index is 0.512. The highest BCUT2D eigenvalue weighted by Crippen LogP contribution is 2.25. The quantitative estimate of drug-likeness (QED) is 0.701. The summed E-state index contributed by atoms with van der Waals surface area (Å²) in [6, 6.07) is 12.9. The third kappa shape index (κ3) is 2.61. The number of nitrogens with zero attached hydrogens (tertiary/aromatic N) is 2. The molecule has 0 saturated heterocycles. The van der Waals surface area contributed by atoms with E-state index >= 15 is 0 Å². The van der Waals surface area contributed by atoms with Crippen LogP contribution in [0.1, 0.15) is 11.1 Å². The van der Waals surface area contributed by atoms with Crippen LogP contribution in [-0.2, 0) is 0 Å². The van der Waals surface area contributed by atoms with E-state index in [-0.39, 0.29) is 0 Å². The lowest BCUT2D eigenvalue weighted by molar-refractivity contribution is 0.482. The number of diazo groups is 1. The second-order valence-electron chi connectivity index (χ2n) is 3.94. The average molecular weight is 225 g/mol. The molecule has 0 N–H and O–H groups in total. The minimum Gasteiger partial charge on any atom is -0.457 e. The van der Waals surface area contributed by atoms with Gasteiger partial charge in [-0.25, -0.2) is 0 Å². The average Bonchev–Trinajstić information content (AvgIpc) is 2.35. The highest BCUT2D eigenvalue weighted by atomic mass is 16.5. The summed E-state index contributed by atoms with van der Waals surface area (Å²) >= 11 is 0. The molecule has 0 aromatic heterocycles. The Morgan fingerprint density at radius 3 is 2.12 bits per heavy atom.